The molecule has 0 unspecified atom stereocenters. The van der Waals surface area contributed by atoms with Crippen LogP contribution in [0.5, 0.6) is 5.75 Å². The minimum absolute atomic E-state index is 0.0297. The summed E-state index contributed by atoms with van der Waals surface area (Å²) in [6, 6.07) is 9.88. The average Bonchev–Trinajstić information content (AvgIpc) is 2.60. The van der Waals surface area contributed by atoms with E-state index >= 15 is 0 Å². The first kappa shape index (κ1) is 17.6. The Balaban J connectivity index is 1.85. The minimum Gasteiger partial charge on any atom is -0.482 e. The van der Waals surface area contributed by atoms with Crippen LogP contribution in [0.2, 0.25) is 10.0 Å². The number of carbonyl (C=O) groups is 2. The molecule has 2 amide bonds. The van der Waals surface area contributed by atoms with Crippen molar-refractivity contribution in [2.45, 2.75) is 13.3 Å². The molecular formula is C18H16Cl2N2O3. The molecule has 0 radical (unpaired) electrons. The predicted octanol–water partition coefficient (Wildman–Crippen LogP) is 4.38. The first-order valence-electron chi connectivity index (χ1n) is 7.83. The van der Waals surface area contributed by atoms with Gasteiger partial charge in [0, 0.05) is 17.8 Å². The second kappa shape index (κ2) is 7.33. The molecule has 130 valence electrons. The van der Waals surface area contributed by atoms with Crippen molar-refractivity contribution >= 4 is 46.4 Å². The Labute approximate surface area is 155 Å². The Morgan fingerprint density at radius 2 is 2.00 bits per heavy atom. The van der Waals surface area contributed by atoms with Gasteiger partial charge in [0.25, 0.3) is 11.8 Å². The van der Waals surface area contributed by atoms with Crippen LogP contribution in [-0.2, 0) is 4.79 Å². The Bertz CT molecular complexity index is 839. The molecule has 7 heteroatoms. The summed E-state index contributed by atoms with van der Waals surface area (Å²) < 4.78 is 5.45. The van der Waals surface area contributed by atoms with Crippen LogP contribution in [0.1, 0.15) is 23.7 Å². The molecule has 1 aliphatic heterocycles. The van der Waals surface area contributed by atoms with E-state index in [2.05, 4.69) is 5.32 Å². The maximum Gasteiger partial charge on any atom is 0.265 e. The lowest BCUT2D eigenvalue weighted by Crippen LogP contribution is -2.39. The SMILES string of the molecule is CCCN1C(=O)COc2ccc(NC(=O)c3ccc(Cl)c(Cl)c3)cc21. The zero-order chi connectivity index (χ0) is 18.0. The molecule has 1 aliphatic rings. The number of amides is 2. The third kappa shape index (κ3) is 3.72. The Morgan fingerprint density at radius 1 is 1.20 bits per heavy atom. The fourth-order valence-electron chi connectivity index (χ4n) is 2.59. The van der Waals surface area contributed by atoms with Crippen LogP contribution in [0.4, 0.5) is 11.4 Å². The molecule has 0 atom stereocenters. The molecule has 1 heterocycles. The first-order chi connectivity index (χ1) is 12.0. The summed E-state index contributed by atoms with van der Waals surface area (Å²) in [6.07, 6.45) is 0.824. The molecule has 0 aromatic heterocycles. The molecular weight excluding hydrogens is 363 g/mol. The van der Waals surface area contributed by atoms with E-state index in [0.717, 1.165) is 6.42 Å². The van der Waals surface area contributed by atoms with Crippen LogP contribution < -0.4 is 15.0 Å². The minimum atomic E-state index is -0.316. The number of halogens is 2. The van der Waals surface area contributed by atoms with Crippen LogP contribution in [0.25, 0.3) is 0 Å². The zero-order valence-corrected chi connectivity index (χ0v) is 15.0. The van der Waals surface area contributed by atoms with E-state index in [1.54, 1.807) is 35.2 Å². The van der Waals surface area contributed by atoms with Crippen molar-refractivity contribution in [3.63, 3.8) is 0 Å². The van der Waals surface area contributed by atoms with Gasteiger partial charge in [0.15, 0.2) is 6.61 Å². The number of nitrogens with one attached hydrogen (secondary N) is 1. The van der Waals surface area contributed by atoms with Crippen LogP contribution in [0, 0.1) is 0 Å². The van der Waals surface area contributed by atoms with Gasteiger partial charge >= 0.3 is 0 Å². The number of benzene rings is 2. The van der Waals surface area contributed by atoms with Crippen molar-refractivity contribution < 1.29 is 14.3 Å². The molecule has 2 aromatic carbocycles. The van der Waals surface area contributed by atoms with Gasteiger partial charge in [0.05, 0.1) is 15.7 Å². The summed E-state index contributed by atoms with van der Waals surface area (Å²) in [5, 5.41) is 3.50. The van der Waals surface area contributed by atoms with Crippen LogP contribution in [0.3, 0.4) is 0 Å². The molecule has 0 aliphatic carbocycles. The number of hydrogen-bond acceptors (Lipinski definition) is 3. The number of ether oxygens (including phenoxy) is 1. The van der Waals surface area contributed by atoms with Crippen LogP contribution in [-0.4, -0.2) is 25.0 Å². The molecule has 0 saturated carbocycles. The lowest BCUT2D eigenvalue weighted by Gasteiger charge is -2.29. The maximum absolute atomic E-state index is 12.4. The largest absolute Gasteiger partial charge is 0.482 e. The number of fused-ring (bicyclic) bond motifs is 1. The molecule has 25 heavy (non-hydrogen) atoms. The number of anilines is 2. The maximum atomic E-state index is 12.4. The van der Waals surface area contributed by atoms with Crippen molar-refractivity contribution in [3.05, 3.63) is 52.0 Å². The zero-order valence-electron chi connectivity index (χ0n) is 13.5. The van der Waals surface area contributed by atoms with Crippen molar-refractivity contribution in [2.24, 2.45) is 0 Å². The van der Waals surface area contributed by atoms with Crippen molar-refractivity contribution in [1.29, 1.82) is 0 Å². The van der Waals surface area contributed by atoms with Crippen molar-refractivity contribution in [3.8, 4) is 5.75 Å². The van der Waals surface area contributed by atoms with E-state index in [9.17, 15) is 9.59 Å². The van der Waals surface area contributed by atoms with Gasteiger partial charge in [-0.15, -0.1) is 0 Å². The first-order valence-corrected chi connectivity index (χ1v) is 8.59. The van der Waals surface area contributed by atoms with Crippen LogP contribution in [0.15, 0.2) is 36.4 Å². The second-order valence-electron chi connectivity index (χ2n) is 5.60. The summed E-state index contributed by atoms with van der Waals surface area (Å²) in [7, 11) is 0. The van der Waals surface area contributed by atoms with Crippen molar-refractivity contribution in [2.75, 3.05) is 23.4 Å². The third-order valence-corrected chi connectivity index (χ3v) is 4.53. The molecule has 1 N–H and O–H groups in total. The van der Waals surface area contributed by atoms with Gasteiger partial charge in [-0.1, -0.05) is 30.1 Å². The normalized spacial score (nSPS) is 13.2. The fraction of sp³-hybridized carbons (Fsp3) is 0.222. The standard InChI is InChI=1S/C18H16Cl2N2O3/c1-2-7-22-15-9-12(4-6-16(15)25-10-17(22)23)21-18(24)11-3-5-13(19)14(20)8-11/h3-6,8-9H,2,7,10H2,1H3,(H,21,24). The second-order valence-corrected chi connectivity index (χ2v) is 6.41. The Hall–Kier alpha value is -2.24. The molecule has 2 aromatic rings. The number of carbonyl (C=O) groups excluding carboxylic acids is 2. The highest BCUT2D eigenvalue weighted by Gasteiger charge is 2.25. The summed E-state index contributed by atoms with van der Waals surface area (Å²) in [6.45, 7) is 2.62. The Kier molecular flexibility index (Phi) is 5.16. The van der Waals surface area contributed by atoms with Gasteiger partial charge in [-0.05, 0) is 42.8 Å². The number of rotatable bonds is 4. The predicted molar refractivity (Wildman–Crippen MR) is 99.0 cm³/mol. The van der Waals surface area contributed by atoms with Gasteiger partial charge in [-0.25, -0.2) is 0 Å². The van der Waals surface area contributed by atoms with Crippen LogP contribution >= 0.6 is 23.2 Å². The average molecular weight is 379 g/mol. The van der Waals surface area contributed by atoms with E-state index in [1.165, 1.54) is 6.07 Å². The van der Waals surface area contributed by atoms with E-state index in [0.29, 0.717) is 39.3 Å². The van der Waals surface area contributed by atoms with Gasteiger partial charge < -0.3 is 15.0 Å². The van der Waals surface area contributed by atoms with E-state index in [1.807, 2.05) is 6.92 Å². The Morgan fingerprint density at radius 3 is 2.72 bits per heavy atom. The smallest absolute Gasteiger partial charge is 0.265 e. The topological polar surface area (TPSA) is 58.6 Å². The lowest BCUT2D eigenvalue weighted by molar-refractivity contribution is -0.121. The highest BCUT2D eigenvalue weighted by molar-refractivity contribution is 6.42. The van der Waals surface area contributed by atoms with Gasteiger partial charge in [0.1, 0.15) is 5.75 Å². The monoisotopic (exact) mass is 378 g/mol. The highest BCUT2D eigenvalue weighted by Crippen LogP contribution is 2.35. The molecule has 0 saturated heterocycles. The summed E-state index contributed by atoms with van der Waals surface area (Å²) in [4.78, 5) is 26.1. The summed E-state index contributed by atoms with van der Waals surface area (Å²) in [5.41, 5.74) is 1.61. The molecule has 0 spiro atoms. The van der Waals surface area contributed by atoms with E-state index in [-0.39, 0.29) is 18.4 Å². The van der Waals surface area contributed by atoms with E-state index in [4.69, 9.17) is 27.9 Å². The van der Waals surface area contributed by atoms with Crippen molar-refractivity contribution in [1.82, 2.24) is 0 Å². The third-order valence-electron chi connectivity index (χ3n) is 3.79. The summed E-state index contributed by atoms with van der Waals surface area (Å²) in [5.74, 6) is 0.214. The van der Waals surface area contributed by atoms with E-state index < -0.39 is 0 Å². The fourth-order valence-corrected chi connectivity index (χ4v) is 2.89. The van der Waals surface area contributed by atoms with Gasteiger partial charge in [0.2, 0.25) is 0 Å². The van der Waals surface area contributed by atoms with Gasteiger partial charge in [-0.3, -0.25) is 9.59 Å². The molecule has 5 nitrogen and oxygen atoms in total. The van der Waals surface area contributed by atoms with Gasteiger partial charge in [-0.2, -0.15) is 0 Å². The molecule has 0 bridgehead atoms. The lowest BCUT2D eigenvalue weighted by atomic mass is 10.1. The molecule has 0 fully saturated rings. The highest BCUT2D eigenvalue weighted by atomic mass is 35.5. The summed E-state index contributed by atoms with van der Waals surface area (Å²) >= 11 is 11.8. The quantitative estimate of drug-likeness (QED) is 0.858. The number of nitrogens with zero attached hydrogens (tertiary/aromatic N) is 1. The molecule has 3 rings (SSSR count). The number of hydrogen-bond donors (Lipinski definition) is 1.